The monoisotopic (exact) mass is 410 g/mol. The Balaban J connectivity index is 1.39. The third kappa shape index (κ3) is 4.46. The van der Waals surface area contributed by atoms with Gasteiger partial charge in [0.15, 0.2) is 0 Å². The number of imidazole rings is 1. The Bertz CT molecular complexity index is 999. The summed E-state index contributed by atoms with van der Waals surface area (Å²) >= 11 is 6.20. The zero-order valence-corrected chi connectivity index (χ0v) is 17.5. The maximum absolute atomic E-state index is 12.7. The number of para-hydroxylation sites is 2. The van der Waals surface area contributed by atoms with E-state index < -0.39 is 0 Å². The minimum absolute atomic E-state index is 0.00527. The van der Waals surface area contributed by atoms with Crippen molar-refractivity contribution in [1.29, 1.82) is 0 Å². The second-order valence-electron chi connectivity index (χ2n) is 7.64. The van der Waals surface area contributed by atoms with Crippen LogP contribution in [0.4, 0.5) is 0 Å². The van der Waals surface area contributed by atoms with Crippen LogP contribution in [0.1, 0.15) is 31.2 Å². The predicted molar refractivity (Wildman–Crippen MR) is 117 cm³/mol. The van der Waals surface area contributed by atoms with E-state index in [-0.39, 0.29) is 11.8 Å². The minimum Gasteiger partial charge on any atom is -0.352 e. The molecule has 0 aliphatic carbocycles. The Labute approximate surface area is 176 Å². The Kier molecular flexibility index (Phi) is 6.16. The molecule has 1 saturated heterocycles. The van der Waals surface area contributed by atoms with E-state index in [9.17, 15) is 4.79 Å². The van der Waals surface area contributed by atoms with Gasteiger partial charge >= 0.3 is 0 Å². The number of benzene rings is 2. The average Bonchev–Trinajstić information content (AvgIpc) is 3.10. The molecule has 5 nitrogen and oxygen atoms in total. The summed E-state index contributed by atoms with van der Waals surface area (Å²) in [5.41, 5.74) is 3.17. The predicted octanol–water partition coefficient (Wildman–Crippen LogP) is 4.24. The van der Waals surface area contributed by atoms with Crippen molar-refractivity contribution in [2.24, 2.45) is 5.92 Å². The van der Waals surface area contributed by atoms with Crippen molar-refractivity contribution < 1.29 is 4.79 Å². The van der Waals surface area contributed by atoms with Gasteiger partial charge in [0, 0.05) is 24.7 Å². The van der Waals surface area contributed by atoms with E-state index in [1.165, 1.54) is 5.52 Å². The number of carbonyl (C=O) groups excluding carboxylic acids is 1. The van der Waals surface area contributed by atoms with Crippen molar-refractivity contribution in [3.8, 4) is 0 Å². The molecule has 1 amide bonds. The molecule has 0 saturated carbocycles. The minimum atomic E-state index is 0.00527. The summed E-state index contributed by atoms with van der Waals surface area (Å²) in [5, 5.41) is 3.76. The molecular weight excluding hydrogens is 384 g/mol. The van der Waals surface area contributed by atoms with Crippen LogP contribution in [0.2, 0.25) is 5.02 Å². The quantitative estimate of drug-likeness (QED) is 0.661. The zero-order chi connectivity index (χ0) is 20.2. The fourth-order valence-electron chi connectivity index (χ4n) is 4.18. The van der Waals surface area contributed by atoms with E-state index in [0.29, 0.717) is 11.6 Å². The number of hydrogen-bond acceptors (Lipinski definition) is 3. The van der Waals surface area contributed by atoms with Crippen LogP contribution in [0.5, 0.6) is 0 Å². The topological polar surface area (TPSA) is 50.2 Å². The van der Waals surface area contributed by atoms with Crippen molar-refractivity contribution in [2.75, 3.05) is 13.1 Å². The van der Waals surface area contributed by atoms with Gasteiger partial charge in [0.05, 0.1) is 23.5 Å². The van der Waals surface area contributed by atoms with Crippen LogP contribution in [-0.4, -0.2) is 33.4 Å². The van der Waals surface area contributed by atoms with Gasteiger partial charge in [-0.3, -0.25) is 9.69 Å². The molecule has 4 rings (SSSR count). The summed E-state index contributed by atoms with van der Waals surface area (Å²) in [6.45, 7) is 6.06. The third-order valence-corrected chi connectivity index (χ3v) is 6.07. The lowest BCUT2D eigenvalue weighted by molar-refractivity contribution is -0.127. The van der Waals surface area contributed by atoms with Crippen molar-refractivity contribution in [2.45, 2.75) is 39.4 Å². The molecule has 3 aromatic rings. The van der Waals surface area contributed by atoms with Gasteiger partial charge in [-0.2, -0.15) is 0 Å². The summed E-state index contributed by atoms with van der Waals surface area (Å²) in [7, 11) is 0. The molecule has 152 valence electrons. The molecule has 0 unspecified atom stereocenters. The first-order valence-corrected chi connectivity index (χ1v) is 10.7. The van der Waals surface area contributed by atoms with Crippen LogP contribution in [0, 0.1) is 5.92 Å². The first-order valence-electron chi connectivity index (χ1n) is 10.3. The number of aryl methyl sites for hydroxylation is 1. The second-order valence-corrected chi connectivity index (χ2v) is 8.05. The highest BCUT2D eigenvalue weighted by atomic mass is 35.5. The Morgan fingerprint density at radius 3 is 2.83 bits per heavy atom. The molecular formula is C23H27ClN4O. The van der Waals surface area contributed by atoms with Gasteiger partial charge < -0.3 is 9.88 Å². The normalized spacial score (nSPS) is 17.5. The first-order chi connectivity index (χ1) is 14.2. The smallest absolute Gasteiger partial charge is 0.224 e. The molecule has 6 heteroatoms. The molecule has 1 aromatic heterocycles. The van der Waals surface area contributed by atoms with Crippen molar-refractivity contribution in [1.82, 2.24) is 19.8 Å². The average molecular weight is 411 g/mol. The molecule has 2 heterocycles. The summed E-state index contributed by atoms with van der Waals surface area (Å²) in [4.78, 5) is 19.9. The van der Waals surface area contributed by atoms with E-state index in [2.05, 4.69) is 39.9 Å². The van der Waals surface area contributed by atoms with E-state index >= 15 is 0 Å². The lowest BCUT2D eigenvalue weighted by Gasteiger charge is -2.31. The van der Waals surface area contributed by atoms with Gasteiger partial charge in [-0.25, -0.2) is 4.98 Å². The van der Waals surface area contributed by atoms with Crippen LogP contribution < -0.4 is 5.32 Å². The van der Waals surface area contributed by atoms with E-state index in [0.717, 1.165) is 55.9 Å². The number of halogens is 1. The lowest BCUT2D eigenvalue weighted by atomic mass is 9.97. The number of hydrogen-bond donors (Lipinski definition) is 1. The highest BCUT2D eigenvalue weighted by Crippen LogP contribution is 2.22. The highest BCUT2D eigenvalue weighted by Gasteiger charge is 2.26. The lowest BCUT2D eigenvalue weighted by Crippen LogP contribution is -2.42. The van der Waals surface area contributed by atoms with Gasteiger partial charge in [-0.1, -0.05) is 41.9 Å². The van der Waals surface area contributed by atoms with E-state index in [4.69, 9.17) is 16.6 Å². The number of amides is 1. The maximum atomic E-state index is 12.7. The fraction of sp³-hybridized carbons (Fsp3) is 0.391. The Morgan fingerprint density at radius 1 is 1.21 bits per heavy atom. The standard InChI is InChI=1S/C23H27ClN4O/c1-2-28-21-12-6-5-11-20(21)26-22(28)16-27-13-7-9-18(15-27)23(29)25-14-17-8-3-4-10-19(17)24/h3-6,8,10-12,18H,2,7,9,13-16H2,1H3,(H,25,29)/t18-/m0/s1. The Morgan fingerprint density at radius 2 is 2.00 bits per heavy atom. The number of fused-ring (bicyclic) bond motifs is 1. The van der Waals surface area contributed by atoms with Gasteiger partial charge in [0.1, 0.15) is 5.82 Å². The zero-order valence-electron chi connectivity index (χ0n) is 16.8. The first kappa shape index (κ1) is 19.9. The molecule has 1 atom stereocenters. The third-order valence-electron chi connectivity index (χ3n) is 5.70. The summed E-state index contributed by atoms with van der Waals surface area (Å²) in [5.74, 6) is 1.19. The fourth-order valence-corrected chi connectivity index (χ4v) is 4.38. The van der Waals surface area contributed by atoms with Crippen LogP contribution in [0.3, 0.4) is 0 Å². The molecule has 1 aliphatic rings. The van der Waals surface area contributed by atoms with Crippen LogP contribution in [0.25, 0.3) is 11.0 Å². The number of piperidine rings is 1. The number of nitrogens with one attached hydrogen (secondary N) is 1. The summed E-state index contributed by atoms with van der Waals surface area (Å²) < 4.78 is 2.27. The molecule has 0 radical (unpaired) electrons. The van der Waals surface area contributed by atoms with E-state index in [1.54, 1.807) is 0 Å². The van der Waals surface area contributed by atoms with Crippen molar-refractivity contribution in [3.05, 3.63) is 64.9 Å². The van der Waals surface area contributed by atoms with Crippen molar-refractivity contribution in [3.63, 3.8) is 0 Å². The largest absolute Gasteiger partial charge is 0.352 e. The van der Waals surface area contributed by atoms with Crippen molar-refractivity contribution >= 4 is 28.5 Å². The molecule has 2 aromatic carbocycles. The maximum Gasteiger partial charge on any atom is 0.224 e. The number of aromatic nitrogens is 2. The molecule has 0 bridgehead atoms. The molecule has 29 heavy (non-hydrogen) atoms. The SMILES string of the molecule is CCn1c(CN2CCC[C@H](C(=O)NCc3ccccc3Cl)C2)nc2ccccc21. The number of carbonyl (C=O) groups is 1. The molecule has 0 spiro atoms. The van der Waals surface area contributed by atoms with Crippen LogP contribution >= 0.6 is 11.6 Å². The number of nitrogens with zero attached hydrogens (tertiary/aromatic N) is 3. The summed E-state index contributed by atoms with van der Waals surface area (Å²) in [6.07, 6.45) is 1.95. The second kappa shape index (κ2) is 8.97. The van der Waals surface area contributed by atoms with Gasteiger partial charge in [-0.05, 0) is 50.1 Å². The van der Waals surface area contributed by atoms with Crippen LogP contribution in [-0.2, 0) is 24.4 Å². The highest BCUT2D eigenvalue weighted by molar-refractivity contribution is 6.31. The number of rotatable bonds is 6. The summed E-state index contributed by atoms with van der Waals surface area (Å²) in [6, 6.07) is 15.9. The molecule has 1 aliphatic heterocycles. The van der Waals surface area contributed by atoms with Gasteiger partial charge in [0.25, 0.3) is 0 Å². The molecule has 1 fully saturated rings. The van der Waals surface area contributed by atoms with E-state index in [1.807, 2.05) is 30.3 Å². The van der Waals surface area contributed by atoms with Crippen LogP contribution in [0.15, 0.2) is 48.5 Å². The molecule has 1 N–H and O–H groups in total. The van der Waals surface area contributed by atoms with Gasteiger partial charge in [0.2, 0.25) is 5.91 Å². The van der Waals surface area contributed by atoms with Gasteiger partial charge in [-0.15, -0.1) is 0 Å². The number of likely N-dealkylation sites (tertiary alicyclic amines) is 1. The Hall–Kier alpha value is -2.37.